The molecule has 4 nitrogen and oxygen atoms in total. The van der Waals surface area contributed by atoms with Crippen molar-refractivity contribution in [3.63, 3.8) is 0 Å². The van der Waals surface area contributed by atoms with Gasteiger partial charge in [0.2, 0.25) is 11.8 Å². The topological polar surface area (TPSA) is 49.4 Å². The number of amides is 2. The van der Waals surface area contributed by atoms with E-state index in [0.717, 1.165) is 16.7 Å². The Hall–Kier alpha value is -3.18. The third-order valence-electron chi connectivity index (χ3n) is 5.53. The molecular weight excluding hydrogens is 451 g/mol. The largest absolute Gasteiger partial charge is 0.352 e. The van der Waals surface area contributed by atoms with E-state index in [1.165, 1.54) is 12.1 Å². The van der Waals surface area contributed by atoms with Gasteiger partial charge in [-0.05, 0) is 44.0 Å². The summed E-state index contributed by atoms with van der Waals surface area (Å²) in [7, 11) is 0. The Morgan fingerprint density at radius 3 is 2.29 bits per heavy atom. The molecule has 0 aliphatic heterocycles. The summed E-state index contributed by atoms with van der Waals surface area (Å²) in [6.07, 6.45) is 0.0967. The van der Waals surface area contributed by atoms with E-state index in [1.807, 2.05) is 75.4 Å². The maximum atomic E-state index is 14.5. The fourth-order valence-corrected chi connectivity index (χ4v) is 4.13. The van der Waals surface area contributed by atoms with E-state index in [0.29, 0.717) is 6.42 Å². The highest BCUT2D eigenvalue weighted by atomic mass is 35.5. The van der Waals surface area contributed by atoms with Crippen LogP contribution in [0.4, 0.5) is 4.39 Å². The van der Waals surface area contributed by atoms with Crippen LogP contribution >= 0.6 is 11.6 Å². The predicted molar refractivity (Wildman–Crippen MR) is 134 cm³/mol. The first-order chi connectivity index (χ1) is 16.2. The Labute approximate surface area is 205 Å². The molecule has 178 valence electrons. The van der Waals surface area contributed by atoms with Gasteiger partial charge < -0.3 is 10.2 Å². The maximum absolute atomic E-state index is 14.5. The minimum Gasteiger partial charge on any atom is -0.352 e. The van der Waals surface area contributed by atoms with Crippen molar-refractivity contribution in [3.8, 4) is 0 Å². The number of rotatable bonds is 9. The van der Waals surface area contributed by atoms with Crippen molar-refractivity contribution in [1.29, 1.82) is 0 Å². The SMILES string of the molecule is Cc1cccc(CN(C(=O)Cc2c(F)cccc2Cl)[C@H](Cc2ccccc2)C(=O)NC(C)C)c1. The first kappa shape index (κ1) is 25.4. The van der Waals surface area contributed by atoms with E-state index in [4.69, 9.17) is 11.6 Å². The lowest BCUT2D eigenvalue weighted by Gasteiger charge is -2.32. The third kappa shape index (κ3) is 6.91. The van der Waals surface area contributed by atoms with Gasteiger partial charge in [-0.25, -0.2) is 4.39 Å². The Morgan fingerprint density at radius 2 is 1.65 bits per heavy atom. The summed E-state index contributed by atoms with van der Waals surface area (Å²) in [4.78, 5) is 28.5. The van der Waals surface area contributed by atoms with Gasteiger partial charge in [0.15, 0.2) is 0 Å². The molecule has 0 bridgehead atoms. The number of benzene rings is 3. The van der Waals surface area contributed by atoms with Crippen molar-refractivity contribution in [1.82, 2.24) is 10.2 Å². The molecule has 0 heterocycles. The zero-order valence-corrected chi connectivity index (χ0v) is 20.5. The molecule has 1 atom stereocenters. The van der Waals surface area contributed by atoms with E-state index in [2.05, 4.69) is 5.32 Å². The van der Waals surface area contributed by atoms with Gasteiger partial charge in [-0.15, -0.1) is 0 Å². The number of aryl methyl sites for hydroxylation is 1. The molecule has 0 aliphatic rings. The van der Waals surface area contributed by atoms with Crippen molar-refractivity contribution in [2.45, 2.75) is 52.2 Å². The van der Waals surface area contributed by atoms with Crippen LogP contribution in [-0.2, 0) is 29.0 Å². The van der Waals surface area contributed by atoms with Gasteiger partial charge in [0.1, 0.15) is 11.9 Å². The van der Waals surface area contributed by atoms with E-state index in [-0.39, 0.29) is 41.4 Å². The lowest BCUT2D eigenvalue weighted by molar-refractivity contribution is -0.141. The summed E-state index contributed by atoms with van der Waals surface area (Å²) in [5.41, 5.74) is 3.00. The van der Waals surface area contributed by atoms with Crippen LogP contribution in [0.5, 0.6) is 0 Å². The van der Waals surface area contributed by atoms with Gasteiger partial charge in [0, 0.05) is 29.6 Å². The lowest BCUT2D eigenvalue weighted by atomic mass is 10.0. The summed E-state index contributed by atoms with van der Waals surface area (Å²) in [5.74, 6) is -1.16. The van der Waals surface area contributed by atoms with Crippen LogP contribution in [0, 0.1) is 12.7 Å². The second-order valence-electron chi connectivity index (χ2n) is 8.76. The lowest BCUT2D eigenvalue weighted by Crippen LogP contribution is -2.52. The third-order valence-corrected chi connectivity index (χ3v) is 5.88. The highest BCUT2D eigenvalue weighted by Crippen LogP contribution is 2.22. The van der Waals surface area contributed by atoms with Crippen molar-refractivity contribution < 1.29 is 14.0 Å². The Bertz CT molecular complexity index is 1110. The molecule has 0 saturated heterocycles. The monoisotopic (exact) mass is 480 g/mol. The summed E-state index contributed by atoms with van der Waals surface area (Å²) >= 11 is 6.21. The molecule has 3 aromatic rings. The predicted octanol–water partition coefficient (Wildman–Crippen LogP) is 5.49. The zero-order valence-electron chi connectivity index (χ0n) is 19.7. The number of halogens is 2. The van der Waals surface area contributed by atoms with Gasteiger partial charge in [0.25, 0.3) is 0 Å². The molecule has 6 heteroatoms. The Morgan fingerprint density at radius 1 is 0.971 bits per heavy atom. The van der Waals surface area contributed by atoms with Crippen molar-refractivity contribution in [2.24, 2.45) is 0 Å². The van der Waals surface area contributed by atoms with Gasteiger partial charge >= 0.3 is 0 Å². The number of hydrogen-bond acceptors (Lipinski definition) is 2. The molecule has 3 rings (SSSR count). The molecule has 0 aromatic heterocycles. The maximum Gasteiger partial charge on any atom is 0.243 e. The van der Waals surface area contributed by atoms with Crippen LogP contribution in [0.1, 0.15) is 36.1 Å². The second-order valence-corrected chi connectivity index (χ2v) is 9.16. The van der Waals surface area contributed by atoms with Crippen LogP contribution in [0.2, 0.25) is 5.02 Å². The number of hydrogen-bond donors (Lipinski definition) is 1. The zero-order chi connectivity index (χ0) is 24.7. The van der Waals surface area contributed by atoms with Gasteiger partial charge in [-0.2, -0.15) is 0 Å². The van der Waals surface area contributed by atoms with E-state index in [9.17, 15) is 14.0 Å². The molecular formula is C28H30ClFN2O2. The second kappa shape index (κ2) is 11.8. The molecule has 0 fully saturated rings. The summed E-state index contributed by atoms with van der Waals surface area (Å²) in [6, 6.07) is 20.8. The summed E-state index contributed by atoms with van der Waals surface area (Å²) in [5, 5.41) is 3.14. The van der Waals surface area contributed by atoms with E-state index < -0.39 is 11.9 Å². The highest BCUT2D eigenvalue weighted by molar-refractivity contribution is 6.31. The van der Waals surface area contributed by atoms with E-state index >= 15 is 0 Å². The van der Waals surface area contributed by atoms with Crippen LogP contribution in [0.25, 0.3) is 0 Å². The van der Waals surface area contributed by atoms with Crippen LogP contribution < -0.4 is 5.32 Å². The van der Waals surface area contributed by atoms with Crippen LogP contribution in [0.3, 0.4) is 0 Å². The minimum absolute atomic E-state index is 0.0947. The molecule has 34 heavy (non-hydrogen) atoms. The first-order valence-corrected chi connectivity index (χ1v) is 11.7. The summed E-state index contributed by atoms with van der Waals surface area (Å²) in [6.45, 7) is 5.95. The molecule has 3 aromatic carbocycles. The van der Waals surface area contributed by atoms with Crippen molar-refractivity contribution in [2.75, 3.05) is 0 Å². The fourth-order valence-electron chi connectivity index (χ4n) is 3.90. The summed E-state index contributed by atoms with van der Waals surface area (Å²) < 4.78 is 14.5. The fraction of sp³-hybridized carbons (Fsp3) is 0.286. The van der Waals surface area contributed by atoms with Gasteiger partial charge in [-0.1, -0.05) is 77.8 Å². The quantitative estimate of drug-likeness (QED) is 0.440. The highest BCUT2D eigenvalue weighted by Gasteiger charge is 2.31. The van der Waals surface area contributed by atoms with Crippen molar-refractivity contribution in [3.05, 3.63) is 106 Å². The molecule has 0 unspecified atom stereocenters. The Balaban J connectivity index is 2.01. The van der Waals surface area contributed by atoms with Crippen molar-refractivity contribution >= 4 is 23.4 Å². The van der Waals surface area contributed by atoms with E-state index in [1.54, 1.807) is 11.0 Å². The number of carbonyl (C=O) groups excluding carboxylic acids is 2. The normalized spacial score (nSPS) is 11.8. The molecule has 0 spiro atoms. The molecule has 0 aliphatic carbocycles. The average molecular weight is 481 g/mol. The van der Waals surface area contributed by atoms with Gasteiger partial charge in [-0.3, -0.25) is 9.59 Å². The molecule has 1 N–H and O–H groups in total. The number of nitrogens with zero attached hydrogens (tertiary/aromatic N) is 1. The number of nitrogens with one attached hydrogen (secondary N) is 1. The molecule has 2 amide bonds. The average Bonchev–Trinajstić information content (AvgIpc) is 2.79. The van der Waals surface area contributed by atoms with Crippen LogP contribution in [0.15, 0.2) is 72.8 Å². The number of carbonyl (C=O) groups is 2. The van der Waals surface area contributed by atoms with Crippen LogP contribution in [-0.4, -0.2) is 28.8 Å². The minimum atomic E-state index is -0.775. The van der Waals surface area contributed by atoms with Gasteiger partial charge in [0.05, 0.1) is 6.42 Å². The smallest absolute Gasteiger partial charge is 0.243 e. The molecule has 0 saturated carbocycles. The molecule has 0 radical (unpaired) electrons. The first-order valence-electron chi connectivity index (χ1n) is 11.4. The standard InChI is InChI=1S/C28H30ClFN2O2/c1-19(2)31-28(34)26(16-21-10-5-4-6-11-21)32(18-22-12-7-9-20(3)15-22)27(33)17-23-24(29)13-8-14-25(23)30/h4-15,19,26H,16-18H2,1-3H3,(H,31,34)/t26-/m1/s1. The Kier molecular flexibility index (Phi) is 8.83.